The predicted molar refractivity (Wildman–Crippen MR) is 63.2 cm³/mol. The quantitative estimate of drug-likeness (QED) is 0.722. The van der Waals surface area contributed by atoms with E-state index < -0.39 is 0 Å². The first-order valence-corrected chi connectivity index (χ1v) is 5.04. The van der Waals surface area contributed by atoms with E-state index in [1.165, 1.54) is 0 Å². The molecule has 0 aliphatic carbocycles. The molecule has 0 atom stereocenters. The van der Waals surface area contributed by atoms with Gasteiger partial charge in [0.15, 0.2) is 0 Å². The maximum atomic E-state index is 11.8. The molecule has 0 spiro atoms. The van der Waals surface area contributed by atoms with E-state index >= 15 is 0 Å². The van der Waals surface area contributed by atoms with E-state index in [1.807, 2.05) is 6.92 Å². The number of rotatable bonds is 3. The van der Waals surface area contributed by atoms with Gasteiger partial charge in [-0.15, -0.1) is 0 Å². The Kier molecular flexibility index (Phi) is 3.92. The average Bonchev–Trinajstić information content (AvgIpc) is 2.17. The van der Waals surface area contributed by atoms with E-state index in [2.05, 4.69) is 6.58 Å². The summed E-state index contributed by atoms with van der Waals surface area (Å²) in [6, 6.07) is 6.87. The molecule has 0 saturated carbocycles. The van der Waals surface area contributed by atoms with Gasteiger partial charge in [0.1, 0.15) is 0 Å². The molecule has 0 aromatic heterocycles. The topological polar surface area (TPSA) is 20.3 Å². The minimum Gasteiger partial charge on any atom is -0.338 e. The fourth-order valence-corrected chi connectivity index (χ4v) is 1.42. The minimum absolute atomic E-state index is 0.0188. The molecule has 0 aliphatic heterocycles. The molecule has 80 valence electrons. The van der Waals surface area contributed by atoms with E-state index in [-0.39, 0.29) is 5.91 Å². The lowest BCUT2D eigenvalue weighted by Gasteiger charge is -2.16. The molecule has 0 saturated heterocycles. The van der Waals surface area contributed by atoms with Gasteiger partial charge in [-0.2, -0.15) is 0 Å². The summed E-state index contributed by atoms with van der Waals surface area (Å²) in [4.78, 5) is 13.5. The molecule has 0 unspecified atom stereocenters. The molecule has 0 heterocycles. The van der Waals surface area contributed by atoms with Gasteiger partial charge >= 0.3 is 0 Å². The molecule has 1 rings (SSSR count). The number of carbonyl (C=O) groups is 1. The average molecular weight is 224 g/mol. The number of nitrogens with zero attached hydrogens (tertiary/aromatic N) is 1. The van der Waals surface area contributed by atoms with Crippen molar-refractivity contribution in [3.05, 3.63) is 47.0 Å². The third kappa shape index (κ3) is 3.40. The number of hydrogen-bond donors (Lipinski definition) is 0. The third-order valence-corrected chi connectivity index (χ3v) is 2.20. The number of halogens is 1. The molecular weight excluding hydrogens is 210 g/mol. The highest BCUT2D eigenvalue weighted by molar-refractivity contribution is 6.30. The van der Waals surface area contributed by atoms with Crippen LogP contribution < -0.4 is 0 Å². The Morgan fingerprint density at radius 1 is 1.40 bits per heavy atom. The lowest BCUT2D eigenvalue weighted by Crippen LogP contribution is -2.28. The second-order valence-corrected chi connectivity index (χ2v) is 4.06. The summed E-state index contributed by atoms with van der Waals surface area (Å²) < 4.78 is 0. The van der Waals surface area contributed by atoms with E-state index in [9.17, 15) is 4.79 Å². The number of hydrogen-bond acceptors (Lipinski definition) is 1. The van der Waals surface area contributed by atoms with Crippen molar-refractivity contribution in [2.24, 2.45) is 0 Å². The van der Waals surface area contributed by atoms with Gasteiger partial charge in [-0.05, 0) is 31.2 Å². The van der Waals surface area contributed by atoms with Crippen LogP contribution in [0.5, 0.6) is 0 Å². The second-order valence-electron chi connectivity index (χ2n) is 3.63. The molecule has 1 aromatic rings. The zero-order valence-electron chi connectivity index (χ0n) is 8.96. The van der Waals surface area contributed by atoms with Crippen LogP contribution in [0.3, 0.4) is 0 Å². The summed E-state index contributed by atoms with van der Waals surface area (Å²) in [6.07, 6.45) is 0. The van der Waals surface area contributed by atoms with Crippen molar-refractivity contribution in [3.63, 3.8) is 0 Å². The maximum absolute atomic E-state index is 11.8. The van der Waals surface area contributed by atoms with Crippen molar-refractivity contribution in [2.45, 2.75) is 6.92 Å². The molecule has 1 amide bonds. The molecule has 1 aromatic carbocycles. The van der Waals surface area contributed by atoms with Crippen molar-refractivity contribution in [2.75, 3.05) is 13.6 Å². The minimum atomic E-state index is -0.0188. The molecule has 0 fully saturated rings. The number of carbonyl (C=O) groups excluding carboxylic acids is 1. The highest BCUT2D eigenvalue weighted by Crippen LogP contribution is 2.11. The van der Waals surface area contributed by atoms with Crippen molar-refractivity contribution in [3.8, 4) is 0 Å². The molecular formula is C12H14ClNO. The van der Waals surface area contributed by atoms with Crippen LogP contribution in [0.4, 0.5) is 0 Å². The van der Waals surface area contributed by atoms with Crippen LogP contribution >= 0.6 is 11.6 Å². The zero-order valence-corrected chi connectivity index (χ0v) is 9.71. The Morgan fingerprint density at radius 2 is 1.93 bits per heavy atom. The smallest absolute Gasteiger partial charge is 0.253 e. The Hall–Kier alpha value is -1.28. The monoisotopic (exact) mass is 223 g/mol. The molecule has 0 radical (unpaired) electrons. The lowest BCUT2D eigenvalue weighted by atomic mass is 10.2. The summed E-state index contributed by atoms with van der Waals surface area (Å²) in [5, 5.41) is 0.633. The van der Waals surface area contributed by atoms with Gasteiger partial charge in [0.25, 0.3) is 5.91 Å². The van der Waals surface area contributed by atoms with Gasteiger partial charge in [0.05, 0.1) is 0 Å². The standard InChI is InChI=1S/C12H14ClNO/c1-9(2)8-14(3)12(15)10-4-6-11(13)7-5-10/h4-7H,1,8H2,2-3H3. The number of benzene rings is 1. The van der Waals surface area contributed by atoms with Gasteiger partial charge in [-0.25, -0.2) is 0 Å². The second kappa shape index (κ2) is 4.99. The van der Waals surface area contributed by atoms with Crippen LogP contribution in [-0.4, -0.2) is 24.4 Å². The van der Waals surface area contributed by atoms with Crippen LogP contribution in [0, 0.1) is 0 Å². The molecule has 0 aliphatic rings. The van der Waals surface area contributed by atoms with Crippen molar-refractivity contribution >= 4 is 17.5 Å². The molecule has 0 N–H and O–H groups in total. The maximum Gasteiger partial charge on any atom is 0.253 e. The fraction of sp³-hybridized carbons (Fsp3) is 0.250. The summed E-state index contributed by atoms with van der Waals surface area (Å²) in [6.45, 7) is 6.24. The molecule has 15 heavy (non-hydrogen) atoms. The van der Waals surface area contributed by atoms with Crippen LogP contribution in [0.15, 0.2) is 36.4 Å². The normalized spacial score (nSPS) is 9.80. The van der Waals surface area contributed by atoms with Crippen molar-refractivity contribution in [1.82, 2.24) is 4.90 Å². The van der Waals surface area contributed by atoms with Crippen LogP contribution in [-0.2, 0) is 0 Å². The number of likely N-dealkylation sites (N-methyl/N-ethyl adjacent to an activating group) is 1. The first-order chi connectivity index (χ1) is 7.00. The summed E-state index contributed by atoms with van der Waals surface area (Å²) in [5.41, 5.74) is 1.60. The Bertz CT molecular complexity index is 370. The molecule has 2 nitrogen and oxygen atoms in total. The van der Waals surface area contributed by atoms with E-state index in [4.69, 9.17) is 11.6 Å². The van der Waals surface area contributed by atoms with Gasteiger partial charge < -0.3 is 4.90 Å². The van der Waals surface area contributed by atoms with Crippen LogP contribution in [0.1, 0.15) is 17.3 Å². The van der Waals surface area contributed by atoms with E-state index in [0.717, 1.165) is 5.57 Å². The molecule has 0 bridgehead atoms. The van der Waals surface area contributed by atoms with Gasteiger partial charge in [0.2, 0.25) is 0 Å². The SMILES string of the molecule is C=C(C)CN(C)C(=O)c1ccc(Cl)cc1. The Morgan fingerprint density at radius 3 is 2.40 bits per heavy atom. The summed E-state index contributed by atoms with van der Waals surface area (Å²) in [7, 11) is 1.76. The molecule has 3 heteroatoms. The predicted octanol–water partition coefficient (Wildman–Crippen LogP) is 2.99. The summed E-state index contributed by atoms with van der Waals surface area (Å²) in [5.74, 6) is -0.0188. The van der Waals surface area contributed by atoms with Crippen LogP contribution in [0.2, 0.25) is 5.02 Å². The summed E-state index contributed by atoms with van der Waals surface area (Å²) >= 11 is 5.74. The fourth-order valence-electron chi connectivity index (χ4n) is 1.29. The lowest BCUT2D eigenvalue weighted by molar-refractivity contribution is 0.0807. The largest absolute Gasteiger partial charge is 0.338 e. The first-order valence-electron chi connectivity index (χ1n) is 4.66. The van der Waals surface area contributed by atoms with Gasteiger partial charge in [-0.3, -0.25) is 4.79 Å². The first kappa shape index (κ1) is 11.8. The van der Waals surface area contributed by atoms with Crippen molar-refractivity contribution in [1.29, 1.82) is 0 Å². The zero-order chi connectivity index (χ0) is 11.4. The Labute approximate surface area is 95.2 Å². The van der Waals surface area contributed by atoms with Gasteiger partial charge in [-0.1, -0.05) is 23.8 Å². The Balaban J connectivity index is 2.76. The third-order valence-electron chi connectivity index (χ3n) is 1.94. The number of amides is 1. The highest BCUT2D eigenvalue weighted by atomic mass is 35.5. The van der Waals surface area contributed by atoms with Crippen LogP contribution in [0.25, 0.3) is 0 Å². The highest BCUT2D eigenvalue weighted by Gasteiger charge is 2.10. The van der Waals surface area contributed by atoms with E-state index in [1.54, 1.807) is 36.2 Å². The van der Waals surface area contributed by atoms with Crippen molar-refractivity contribution < 1.29 is 4.79 Å². The van der Waals surface area contributed by atoms with E-state index in [0.29, 0.717) is 17.1 Å². The van der Waals surface area contributed by atoms with Gasteiger partial charge in [0, 0.05) is 24.2 Å².